The van der Waals surface area contributed by atoms with Gasteiger partial charge in [-0.3, -0.25) is 14.4 Å². The number of rotatable bonds is 8. The summed E-state index contributed by atoms with van der Waals surface area (Å²) in [5.74, 6) is -2.05. The van der Waals surface area contributed by atoms with Crippen molar-refractivity contribution in [1.82, 2.24) is 20.4 Å². The van der Waals surface area contributed by atoms with E-state index in [9.17, 15) is 24.0 Å². The van der Waals surface area contributed by atoms with Crippen LogP contribution in [0.2, 0.25) is 0 Å². The van der Waals surface area contributed by atoms with Gasteiger partial charge in [0.2, 0.25) is 17.7 Å². The van der Waals surface area contributed by atoms with E-state index in [1.807, 2.05) is 20.8 Å². The first-order valence-corrected chi connectivity index (χ1v) is 12.4. The number of carboxylic acid groups (broad SMARTS) is 1. The molecule has 11 heteroatoms. The Morgan fingerprint density at radius 1 is 1.03 bits per heavy atom. The van der Waals surface area contributed by atoms with E-state index in [1.54, 1.807) is 9.80 Å². The van der Waals surface area contributed by atoms with E-state index in [-0.39, 0.29) is 24.5 Å². The van der Waals surface area contributed by atoms with Crippen LogP contribution in [0.5, 0.6) is 0 Å². The lowest BCUT2D eigenvalue weighted by atomic mass is 9.91. The normalized spacial score (nSPS) is 20.1. The van der Waals surface area contributed by atoms with Crippen LogP contribution in [-0.4, -0.2) is 89.1 Å². The number of piperidine rings is 2. The van der Waals surface area contributed by atoms with Crippen LogP contribution in [0, 0.1) is 11.8 Å². The van der Waals surface area contributed by atoms with Gasteiger partial charge >= 0.3 is 12.1 Å². The highest BCUT2D eigenvalue weighted by molar-refractivity contribution is 5.84. The van der Waals surface area contributed by atoms with Gasteiger partial charge in [-0.25, -0.2) is 9.59 Å². The second-order valence-corrected chi connectivity index (χ2v) is 10.5. The van der Waals surface area contributed by atoms with Crippen LogP contribution in [-0.2, 0) is 23.9 Å². The molecule has 2 atom stereocenters. The van der Waals surface area contributed by atoms with Crippen LogP contribution in [0.25, 0.3) is 0 Å². The molecule has 2 aliphatic rings. The predicted octanol–water partition coefficient (Wildman–Crippen LogP) is 1.36. The average Bonchev–Trinajstić information content (AvgIpc) is 2.78. The minimum absolute atomic E-state index is 0.0127. The van der Waals surface area contributed by atoms with Crippen LogP contribution in [0.3, 0.4) is 0 Å². The van der Waals surface area contributed by atoms with Crippen molar-refractivity contribution < 1.29 is 33.8 Å². The Hall–Kier alpha value is -2.85. The lowest BCUT2D eigenvalue weighted by Gasteiger charge is -2.34. The minimum atomic E-state index is -1.22. The number of nitrogens with zero attached hydrogens (tertiary/aromatic N) is 2. The quantitative estimate of drug-likeness (QED) is 0.460. The highest BCUT2D eigenvalue weighted by Gasteiger charge is 2.31. The molecule has 0 saturated carbocycles. The molecule has 2 saturated heterocycles. The maximum Gasteiger partial charge on any atom is 0.410 e. The van der Waals surface area contributed by atoms with E-state index in [4.69, 9.17) is 9.84 Å². The largest absolute Gasteiger partial charge is 0.480 e. The van der Waals surface area contributed by atoms with Crippen molar-refractivity contribution in [3.63, 3.8) is 0 Å². The fraction of sp³-hybridized carbons (Fsp3) is 0.792. The molecule has 2 fully saturated rings. The number of nitrogens with one attached hydrogen (secondary N) is 2. The molecule has 0 radical (unpaired) electrons. The number of carbonyl (C=O) groups is 5. The summed E-state index contributed by atoms with van der Waals surface area (Å²) >= 11 is 0. The second-order valence-electron chi connectivity index (χ2n) is 10.5. The number of carbonyl (C=O) groups excluding carboxylic acids is 4. The van der Waals surface area contributed by atoms with Crippen LogP contribution in [0.15, 0.2) is 0 Å². The molecule has 2 aliphatic heterocycles. The molecule has 0 unspecified atom stereocenters. The summed E-state index contributed by atoms with van der Waals surface area (Å²) in [7, 11) is 0. The van der Waals surface area contributed by atoms with Crippen LogP contribution in [0.4, 0.5) is 4.79 Å². The summed E-state index contributed by atoms with van der Waals surface area (Å²) in [6, 6.07) is -1.19. The van der Waals surface area contributed by atoms with Crippen molar-refractivity contribution in [1.29, 1.82) is 0 Å². The third-order valence-electron chi connectivity index (χ3n) is 6.33. The lowest BCUT2D eigenvalue weighted by molar-refractivity contribution is -0.141. The maximum atomic E-state index is 12.8. The molecule has 35 heavy (non-hydrogen) atoms. The molecule has 3 N–H and O–H groups in total. The Balaban J connectivity index is 1.74. The molecule has 198 valence electrons. The SMILES string of the molecule is CC(=O)N[C@H](CNC(=O)[C@@H]1CCCN(C(=O)CCC2CCN(C(=O)OC(C)(C)C)CC2)C1)C(=O)O. The molecule has 11 nitrogen and oxygen atoms in total. The zero-order valence-corrected chi connectivity index (χ0v) is 21.3. The molecule has 4 amide bonds. The molecule has 2 heterocycles. The Bertz CT molecular complexity index is 787. The molecular formula is C24H40N4O7. The van der Waals surface area contributed by atoms with Gasteiger partial charge in [0.15, 0.2) is 0 Å². The number of hydrogen-bond acceptors (Lipinski definition) is 6. The highest BCUT2D eigenvalue weighted by Crippen LogP contribution is 2.25. The smallest absolute Gasteiger partial charge is 0.410 e. The van der Waals surface area contributed by atoms with Gasteiger partial charge in [0.25, 0.3) is 0 Å². The number of ether oxygens (including phenoxy) is 1. The van der Waals surface area contributed by atoms with Crippen molar-refractivity contribution in [2.45, 2.75) is 77.9 Å². The number of aliphatic carboxylic acids is 1. The molecule has 2 rings (SSSR count). The maximum absolute atomic E-state index is 12.8. The molecule has 0 aromatic rings. The van der Waals surface area contributed by atoms with E-state index in [0.717, 1.165) is 19.3 Å². The first-order chi connectivity index (χ1) is 16.4. The number of hydrogen-bond donors (Lipinski definition) is 3. The predicted molar refractivity (Wildman–Crippen MR) is 127 cm³/mol. The van der Waals surface area contributed by atoms with Crippen molar-refractivity contribution in [2.75, 3.05) is 32.7 Å². The topological polar surface area (TPSA) is 145 Å². The van der Waals surface area contributed by atoms with Gasteiger partial charge in [0, 0.05) is 46.1 Å². The highest BCUT2D eigenvalue weighted by atomic mass is 16.6. The number of likely N-dealkylation sites (tertiary alicyclic amines) is 2. The van der Waals surface area contributed by atoms with Crippen molar-refractivity contribution in [3.8, 4) is 0 Å². The molecule has 0 aromatic heterocycles. The summed E-state index contributed by atoms with van der Waals surface area (Å²) in [6.45, 7) is 8.69. The van der Waals surface area contributed by atoms with Crippen LogP contribution < -0.4 is 10.6 Å². The molecular weight excluding hydrogens is 456 g/mol. The standard InChI is InChI=1S/C24H40N4O7/c1-16(29)26-19(22(32)33)14-25-21(31)18-6-5-11-28(15-18)20(30)8-7-17-9-12-27(13-10-17)23(34)35-24(2,3)4/h17-19H,5-15H2,1-4H3,(H,25,31)(H,26,29)(H,32,33)/t18-,19-/m1/s1. The average molecular weight is 497 g/mol. The van der Waals surface area contributed by atoms with Gasteiger partial charge in [0.05, 0.1) is 5.92 Å². The van der Waals surface area contributed by atoms with Gasteiger partial charge in [-0.1, -0.05) is 0 Å². The van der Waals surface area contributed by atoms with Crippen molar-refractivity contribution in [2.24, 2.45) is 11.8 Å². The first-order valence-electron chi connectivity index (χ1n) is 12.4. The van der Waals surface area contributed by atoms with E-state index in [2.05, 4.69) is 10.6 Å². The minimum Gasteiger partial charge on any atom is -0.480 e. The third-order valence-corrected chi connectivity index (χ3v) is 6.33. The molecule has 0 bridgehead atoms. The second kappa shape index (κ2) is 12.7. The monoisotopic (exact) mass is 496 g/mol. The van der Waals surface area contributed by atoms with Gasteiger partial charge in [-0.2, -0.15) is 0 Å². The third kappa shape index (κ3) is 9.73. The Morgan fingerprint density at radius 2 is 1.69 bits per heavy atom. The Morgan fingerprint density at radius 3 is 2.26 bits per heavy atom. The van der Waals surface area contributed by atoms with Crippen molar-refractivity contribution in [3.05, 3.63) is 0 Å². The zero-order chi connectivity index (χ0) is 26.2. The van der Waals surface area contributed by atoms with Crippen LogP contribution in [0.1, 0.15) is 66.2 Å². The zero-order valence-electron chi connectivity index (χ0n) is 21.3. The summed E-state index contributed by atoms with van der Waals surface area (Å²) in [6.07, 6.45) is 3.83. The lowest BCUT2D eigenvalue weighted by Crippen LogP contribution is -2.51. The summed E-state index contributed by atoms with van der Waals surface area (Å²) in [5.41, 5.74) is -0.521. The van der Waals surface area contributed by atoms with Crippen LogP contribution >= 0.6 is 0 Å². The summed E-state index contributed by atoms with van der Waals surface area (Å²) < 4.78 is 5.42. The Kier molecular flexibility index (Phi) is 10.3. The van der Waals surface area contributed by atoms with E-state index in [1.165, 1.54) is 6.92 Å². The van der Waals surface area contributed by atoms with Gasteiger partial charge in [-0.15, -0.1) is 0 Å². The number of carboxylic acids is 1. The summed E-state index contributed by atoms with van der Waals surface area (Å²) in [4.78, 5) is 63.4. The van der Waals surface area contributed by atoms with Crippen molar-refractivity contribution >= 4 is 29.8 Å². The van der Waals surface area contributed by atoms with E-state index >= 15 is 0 Å². The first kappa shape index (κ1) is 28.4. The molecule has 0 spiro atoms. The summed E-state index contributed by atoms with van der Waals surface area (Å²) in [5, 5.41) is 14.0. The molecule has 0 aromatic carbocycles. The fourth-order valence-electron chi connectivity index (χ4n) is 4.43. The van der Waals surface area contributed by atoms with Gasteiger partial charge < -0.3 is 30.3 Å². The molecule has 0 aliphatic carbocycles. The number of amides is 4. The van der Waals surface area contributed by atoms with Gasteiger partial charge in [-0.05, 0) is 58.8 Å². The van der Waals surface area contributed by atoms with E-state index < -0.39 is 29.4 Å². The van der Waals surface area contributed by atoms with Gasteiger partial charge in [0.1, 0.15) is 11.6 Å². The Labute approximate surface area is 206 Å². The fourth-order valence-corrected chi connectivity index (χ4v) is 4.43. The van der Waals surface area contributed by atoms with E-state index in [0.29, 0.717) is 51.4 Å².